The number of nitrogens with zero attached hydrogens (tertiary/aromatic N) is 1. The topological polar surface area (TPSA) is 32.3 Å². The summed E-state index contributed by atoms with van der Waals surface area (Å²) in [6.07, 6.45) is 4.76. The summed E-state index contributed by atoms with van der Waals surface area (Å²) in [5.74, 6) is 0. The summed E-state index contributed by atoms with van der Waals surface area (Å²) < 4.78 is 0. The number of hydrogen-bond donors (Lipinski definition) is 1. The monoisotopic (exact) mass is 218 g/mol. The number of carbonyl (C=O) groups excluding carboxylic acids is 1. The quantitative estimate of drug-likeness (QED) is 0.812. The van der Waals surface area contributed by atoms with Gasteiger partial charge >= 0.3 is 6.03 Å². The summed E-state index contributed by atoms with van der Waals surface area (Å²) in [6, 6.07) is 10.0. The highest BCUT2D eigenvalue weighted by Gasteiger charge is 2.23. The summed E-state index contributed by atoms with van der Waals surface area (Å²) in [5, 5.41) is 2.91. The molecule has 1 aromatic rings. The maximum absolute atomic E-state index is 11.9. The van der Waals surface area contributed by atoms with E-state index in [0.29, 0.717) is 6.04 Å². The second-order valence-corrected chi connectivity index (χ2v) is 4.35. The van der Waals surface area contributed by atoms with Gasteiger partial charge in [0.1, 0.15) is 0 Å². The van der Waals surface area contributed by atoms with E-state index in [9.17, 15) is 4.79 Å². The second kappa shape index (κ2) is 5.01. The van der Waals surface area contributed by atoms with E-state index >= 15 is 0 Å². The van der Waals surface area contributed by atoms with Gasteiger partial charge in [-0.05, 0) is 25.0 Å². The van der Waals surface area contributed by atoms with Crippen LogP contribution in [0.25, 0.3) is 0 Å². The van der Waals surface area contributed by atoms with Crippen LogP contribution in [0, 0.1) is 0 Å². The molecule has 0 aromatic heterocycles. The van der Waals surface area contributed by atoms with E-state index in [2.05, 4.69) is 5.32 Å². The zero-order valence-electron chi connectivity index (χ0n) is 9.65. The summed E-state index contributed by atoms with van der Waals surface area (Å²) in [6.45, 7) is 0. The van der Waals surface area contributed by atoms with Gasteiger partial charge in [-0.1, -0.05) is 31.0 Å². The largest absolute Gasteiger partial charge is 0.325 e. The van der Waals surface area contributed by atoms with Crippen molar-refractivity contribution in [3.05, 3.63) is 30.3 Å². The molecule has 0 heterocycles. The van der Waals surface area contributed by atoms with Crippen molar-refractivity contribution >= 4 is 11.7 Å². The Bertz CT molecular complexity index is 344. The highest BCUT2D eigenvalue weighted by molar-refractivity contribution is 5.89. The Morgan fingerprint density at radius 1 is 1.25 bits per heavy atom. The molecule has 1 fully saturated rings. The van der Waals surface area contributed by atoms with E-state index in [0.717, 1.165) is 18.5 Å². The molecule has 3 nitrogen and oxygen atoms in total. The van der Waals surface area contributed by atoms with E-state index in [4.69, 9.17) is 0 Å². The molecular weight excluding hydrogens is 200 g/mol. The van der Waals surface area contributed by atoms with E-state index in [1.807, 2.05) is 42.3 Å². The van der Waals surface area contributed by atoms with Crippen LogP contribution in [0.2, 0.25) is 0 Å². The van der Waals surface area contributed by atoms with Crippen LogP contribution in [0.1, 0.15) is 25.7 Å². The number of amides is 2. The molecule has 1 N–H and O–H groups in total. The van der Waals surface area contributed by atoms with Crippen LogP contribution < -0.4 is 5.32 Å². The van der Waals surface area contributed by atoms with Gasteiger partial charge < -0.3 is 10.2 Å². The fourth-order valence-electron chi connectivity index (χ4n) is 2.19. The lowest BCUT2D eigenvalue weighted by Crippen LogP contribution is -2.38. The van der Waals surface area contributed by atoms with Gasteiger partial charge in [0.05, 0.1) is 0 Å². The first-order valence-electron chi connectivity index (χ1n) is 5.86. The minimum Gasteiger partial charge on any atom is -0.325 e. The zero-order valence-corrected chi connectivity index (χ0v) is 9.65. The number of urea groups is 1. The van der Waals surface area contributed by atoms with Crippen molar-refractivity contribution in [3.63, 3.8) is 0 Å². The maximum atomic E-state index is 11.9. The lowest BCUT2D eigenvalue weighted by atomic mass is 10.2. The van der Waals surface area contributed by atoms with Crippen LogP contribution >= 0.6 is 0 Å². The number of hydrogen-bond acceptors (Lipinski definition) is 1. The summed E-state index contributed by atoms with van der Waals surface area (Å²) in [4.78, 5) is 13.7. The predicted molar refractivity (Wildman–Crippen MR) is 65.5 cm³/mol. The molecule has 0 aliphatic heterocycles. The molecule has 0 bridgehead atoms. The van der Waals surface area contributed by atoms with Crippen molar-refractivity contribution in [2.24, 2.45) is 0 Å². The number of carbonyl (C=O) groups is 1. The van der Waals surface area contributed by atoms with Gasteiger partial charge in [-0.3, -0.25) is 0 Å². The molecule has 1 aliphatic rings. The van der Waals surface area contributed by atoms with Crippen LogP contribution in [0.3, 0.4) is 0 Å². The van der Waals surface area contributed by atoms with Crippen LogP contribution in [-0.4, -0.2) is 24.0 Å². The standard InChI is InChI=1S/C13H18N2O/c1-15(12-9-5-6-10-12)13(16)14-11-7-3-2-4-8-11/h2-4,7-8,12H,5-6,9-10H2,1H3,(H,14,16). The average molecular weight is 218 g/mol. The minimum atomic E-state index is -0.00176. The number of para-hydroxylation sites is 1. The van der Waals surface area contributed by atoms with Crippen LogP contribution in [0.5, 0.6) is 0 Å². The minimum absolute atomic E-state index is 0.00176. The second-order valence-electron chi connectivity index (χ2n) is 4.35. The SMILES string of the molecule is CN(C(=O)Nc1ccccc1)C1CCCC1. The van der Waals surface area contributed by atoms with Gasteiger partial charge in [0.25, 0.3) is 0 Å². The Labute approximate surface area is 96.5 Å². The molecule has 0 saturated heterocycles. The van der Waals surface area contributed by atoms with Gasteiger partial charge in [0.2, 0.25) is 0 Å². The third-order valence-corrected chi connectivity index (χ3v) is 3.22. The predicted octanol–water partition coefficient (Wildman–Crippen LogP) is 3.09. The molecule has 3 heteroatoms. The molecule has 0 radical (unpaired) electrons. The molecular formula is C13H18N2O. The smallest absolute Gasteiger partial charge is 0.321 e. The molecule has 2 amide bonds. The first kappa shape index (κ1) is 11.0. The van der Waals surface area contributed by atoms with Gasteiger partial charge in [0.15, 0.2) is 0 Å². The fourth-order valence-corrected chi connectivity index (χ4v) is 2.19. The number of benzene rings is 1. The molecule has 1 aromatic carbocycles. The van der Waals surface area contributed by atoms with Crippen molar-refractivity contribution < 1.29 is 4.79 Å². The molecule has 1 saturated carbocycles. The maximum Gasteiger partial charge on any atom is 0.321 e. The average Bonchev–Trinajstić information content (AvgIpc) is 2.83. The van der Waals surface area contributed by atoms with Crippen LogP contribution in [0.15, 0.2) is 30.3 Å². The summed E-state index contributed by atoms with van der Waals surface area (Å²) >= 11 is 0. The number of anilines is 1. The van der Waals surface area contributed by atoms with Gasteiger partial charge in [0, 0.05) is 18.8 Å². The van der Waals surface area contributed by atoms with Crippen molar-refractivity contribution in [1.82, 2.24) is 4.90 Å². The van der Waals surface area contributed by atoms with E-state index in [1.54, 1.807) is 0 Å². The Morgan fingerprint density at radius 2 is 1.88 bits per heavy atom. The van der Waals surface area contributed by atoms with Gasteiger partial charge in [-0.2, -0.15) is 0 Å². The first-order chi connectivity index (χ1) is 7.77. The highest BCUT2D eigenvalue weighted by atomic mass is 16.2. The van der Waals surface area contributed by atoms with E-state index in [1.165, 1.54) is 12.8 Å². The van der Waals surface area contributed by atoms with Crippen molar-refractivity contribution in [1.29, 1.82) is 0 Å². The normalized spacial score (nSPS) is 16.1. The molecule has 0 atom stereocenters. The lowest BCUT2D eigenvalue weighted by molar-refractivity contribution is 0.205. The van der Waals surface area contributed by atoms with Crippen LogP contribution in [0.4, 0.5) is 10.5 Å². The zero-order chi connectivity index (χ0) is 11.4. The van der Waals surface area contributed by atoms with Gasteiger partial charge in [-0.25, -0.2) is 4.79 Å². The fraction of sp³-hybridized carbons (Fsp3) is 0.462. The van der Waals surface area contributed by atoms with E-state index in [-0.39, 0.29) is 6.03 Å². The third-order valence-electron chi connectivity index (χ3n) is 3.22. The van der Waals surface area contributed by atoms with Gasteiger partial charge in [-0.15, -0.1) is 0 Å². The molecule has 0 spiro atoms. The third kappa shape index (κ3) is 2.54. The van der Waals surface area contributed by atoms with Crippen molar-refractivity contribution in [3.8, 4) is 0 Å². The molecule has 2 rings (SSSR count). The van der Waals surface area contributed by atoms with Crippen molar-refractivity contribution in [2.75, 3.05) is 12.4 Å². The molecule has 0 unspecified atom stereocenters. The highest BCUT2D eigenvalue weighted by Crippen LogP contribution is 2.22. The molecule has 16 heavy (non-hydrogen) atoms. The molecule has 86 valence electrons. The Hall–Kier alpha value is -1.51. The summed E-state index contributed by atoms with van der Waals surface area (Å²) in [5.41, 5.74) is 0.859. The van der Waals surface area contributed by atoms with Crippen LogP contribution in [-0.2, 0) is 0 Å². The Morgan fingerprint density at radius 3 is 2.50 bits per heavy atom. The Balaban J connectivity index is 1.92. The summed E-state index contributed by atoms with van der Waals surface area (Å²) in [7, 11) is 1.88. The van der Waals surface area contributed by atoms with Crippen molar-refractivity contribution in [2.45, 2.75) is 31.7 Å². The number of rotatable bonds is 2. The number of nitrogens with one attached hydrogen (secondary N) is 1. The Kier molecular flexibility index (Phi) is 3.44. The molecule has 1 aliphatic carbocycles. The van der Waals surface area contributed by atoms with E-state index < -0.39 is 0 Å². The lowest BCUT2D eigenvalue weighted by Gasteiger charge is -2.24. The first-order valence-corrected chi connectivity index (χ1v) is 5.86.